The van der Waals surface area contributed by atoms with Crippen LogP contribution < -0.4 is 9.47 Å². The number of esters is 1. The molecule has 24 heavy (non-hydrogen) atoms. The zero-order chi connectivity index (χ0) is 17.1. The summed E-state index contributed by atoms with van der Waals surface area (Å²) < 4.78 is 16.0. The van der Waals surface area contributed by atoms with Gasteiger partial charge in [-0.2, -0.15) is 5.10 Å². The van der Waals surface area contributed by atoms with Gasteiger partial charge in [0.25, 0.3) is 0 Å². The minimum absolute atomic E-state index is 0.185. The van der Waals surface area contributed by atoms with Gasteiger partial charge in [-0.05, 0) is 24.3 Å². The summed E-state index contributed by atoms with van der Waals surface area (Å²) in [6.07, 6.45) is 3.05. The summed E-state index contributed by atoms with van der Waals surface area (Å²) in [6, 6.07) is 3.55. The van der Waals surface area contributed by atoms with Crippen LogP contribution in [-0.4, -0.2) is 35.8 Å². The molecule has 6 nitrogen and oxygen atoms in total. The zero-order valence-corrected chi connectivity index (χ0v) is 14.9. The topological polar surface area (TPSA) is 73.4 Å². The molecule has 1 N–H and O–H groups in total. The van der Waals surface area contributed by atoms with E-state index < -0.39 is 0 Å². The van der Waals surface area contributed by atoms with Crippen molar-refractivity contribution in [3.63, 3.8) is 0 Å². The van der Waals surface area contributed by atoms with Crippen molar-refractivity contribution in [2.75, 3.05) is 19.7 Å². The number of aromatic nitrogens is 2. The van der Waals surface area contributed by atoms with E-state index in [1.165, 1.54) is 11.8 Å². The van der Waals surface area contributed by atoms with Crippen molar-refractivity contribution in [2.24, 2.45) is 0 Å². The second-order valence-corrected chi connectivity index (χ2v) is 6.40. The van der Waals surface area contributed by atoms with Gasteiger partial charge in [0, 0.05) is 17.5 Å². The van der Waals surface area contributed by atoms with Crippen molar-refractivity contribution in [2.45, 2.75) is 24.8 Å². The van der Waals surface area contributed by atoms with Crippen LogP contribution in [0.25, 0.3) is 0 Å². The van der Waals surface area contributed by atoms with Gasteiger partial charge in [-0.1, -0.05) is 18.5 Å². The molecule has 1 aliphatic heterocycles. The molecule has 1 aliphatic rings. The average Bonchev–Trinajstić information content (AvgIpc) is 3.19. The molecule has 8 heteroatoms. The Labute approximate surface area is 148 Å². The van der Waals surface area contributed by atoms with Crippen LogP contribution in [0.4, 0.5) is 0 Å². The number of fused-ring (bicyclic) bond motifs is 1. The minimum atomic E-state index is -0.373. The van der Waals surface area contributed by atoms with Crippen molar-refractivity contribution >= 4 is 29.3 Å². The average molecular weight is 369 g/mol. The molecule has 0 fully saturated rings. The smallest absolute Gasteiger partial charge is 0.342 e. The number of H-pyrrole nitrogens is 1. The molecular formula is C16H17ClN2O4S. The number of nitrogens with zero attached hydrogens (tertiary/aromatic N) is 1. The first-order chi connectivity index (χ1) is 11.6. The van der Waals surface area contributed by atoms with Gasteiger partial charge >= 0.3 is 5.97 Å². The third-order valence-electron chi connectivity index (χ3n) is 3.55. The lowest BCUT2D eigenvalue weighted by Gasteiger charge is -2.08. The third kappa shape index (κ3) is 3.32. The van der Waals surface area contributed by atoms with E-state index in [0.717, 1.165) is 12.0 Å². The molecule has 0 bridgehead atoms. The molecule has 3 rings (SSSR count). The SMILES string of the molecule is CCCOC(=O)c1c(SC)n[nH]c1Cc1cc2c(cc1Cl)OCO2. The molecule has 2 heterocycles. The van der Waals surface area contributed by atoms with Crippen LogP contribution in [-0.2, 0) is 11.2 Å². The number of thioether (sulfide) groups is 1. The van der Waals surface area contributed by atoms with Crippen LogP contribution in [0.15, 0.2) is 17.2 Å². The number of hydrogen-bond donors (Lipinski definition) is 1. The summed E-state index contributed by atoms with van der Waals surface area (Å²) in [4.78, 5) is 12.4. The Morgan fingerprint density at radius 2 is 2.17 bits per heavy atom. The summed E-state index contributed by atoms with van der Waals surface area (Å²) in [6.45, 7) is 2.51. The number of carbonyl (C=O) groups is 1. The molecule has 0 radical (unpaired) electrons. The molecule has 0 saturated carbocycles. The second kappa shape index (κ2) is 7.36. The zero-order valence-electron chi connectivity index (χ0n) is 13.3. The number of hydrogen-bond acceptors (Lipinski definition) is 6. The molecule has 128 valence electrons. The molecule has 2 aromatic rings. The molecule has 0 amide bonds. The summed E-state index contributed by atoms with van der Waals surface area (Å²) in [5, 5.41) is 8.29. The maximum absolute atomic E-state index is 12.4. The van der Waals surface area contributed by atoms with Crippen molar-refractivity contribution in [3.05, 3.63) is 34.0 Å². The van der Waals surface area contributed by atoms with Gasteiger partial charge < -0.3 is 14.2 Å². The largest absolute Gasteiger partial charge is 0.462 e. The summed E-state index contributed by atoms with van der Waals surface area (Å²) in [7, 11) is 0. The molecular weight excluding hydrogens is 352 g/mol. The standard InChI is InChI=1S/C16H17ClN2O4S/c1-3-4-21-16(20)14-11(18-19-15(14)24-2)5-9-6-12-13(7-10(9)17)23-8-22-12/h6-7H,3-5,8H2,1-2H3,(H,18,19). The van der Waals surface area contributed by atoms with E-state index in [1.807, 2.05) is 19.2 Å². The minimum Gasteiger partial charge on any atom is -0.462 e. The van der Waals surface area contributed by atoms with Gasteiger partial charge in [0.15, 0.2) is 11.5 Å². The third-order valence-corrected chi connectivity index (χ3v) is 4.59. The fourth-order valence-corrected chi connectivity index (χ4v) is 3.17. The molecule has 0 saturated heterocycles. The lowest BCUT2D eigenvalue weighted by atomic mass is 10.1. The van der Waals surface area contributed by atoms with E-state index in [2.05, 4.69) is 10.2 Å². The van der Waals surface area contributed by atoms with Crippen LogP contribution in [0, 0.1) is 0 Å². The summed E-state index contributed by atoms with van der Waals surface area (Å²) in [5.41, 5.74) is 1.95. The Balaban J connectivity index is 1.90. The Kier molecular flexibility index (Phi) is 5.20. The van der Waals surface area contributed by atoms with Gasteiger partial charge in [0.1, 0.15) is 10.6 Å². The summed E-state index contributed by atoms with van der Waals surface area (Å²) in [5.74, 6) is 0.900. The predicted octanol–water partition coefficient (Wildman–Crippen LogP) is 3.67. The Hall–Kier alpha value is -1.86. The molecule has 0 unspecified atom stereocenters. The molecule has 1 aromatic heterocycles. The Morgan fingerprint density at radius 1 is 1.42 bits per heavy atom. The van der Waals surface area contributed by atoms with E-state index in [-0.39, 0.29) is 12.8 Å². The number of aromatic amines is 1. The van der Waals surface area contributed by atoms with Crippen LogP contribution in [0.2, 0.25) is 5.02 Å². The van der Waals surface area contributed by atoms with Crippen molar-refractivity contribution in [1.82, 2.24) is 10.2 Å². The van der Waals surface area contributed by atoms with E-state index in [0.29, 0.717) is 45.8 Å². The molecule has 0 spiro atoms. The lowest BCUT2D eigenvalue weighted by molar-refractivity contribution is 0.0500. The van der Waals surface area contributed by atoms with E-state index in [1.54, 1.807) is 6.07 Å². The Bertz CT molecular complexity index is 763. The van der Waals surface area contributed by atoms with E-state index in [9.17, 15) is 4.79 Å². The van der Waals surface area contributed by atoms with Crippen LogP contribution in [0.1, 0.15) is 35.0 Å². The molecule has 0 aliphatic carbocycles. The van der Waals surface area contributed by atoms with Crippen LogP contribution >= 0.6 is 23.4 Å². The number of halogens is 1. The van der Waals surface area contributed by atoms with Crippen molar-refractivity contribution < 1.29 is 19.0 Å². The maximum Gasteiger partial charge on any atom is 0.342 e. The number of benzene rings is 1. The highest BCUT2D eigenvalue weighted by molar-refractivity contribution is 7.98. The fraction of sp³-hybridized carbons (Fsp3) is 0.375. The first kappa shape index (κ1) is 17.0. The maximum atomic E-state index is 12.4. The fourth-order valence-electron chi connectivity index (χ4n) is 2.40. The highest BCUT2D eigenvalue weighted by Crippen LogP contribution is 2.38. The van der Waals surface area contributed by atoms with Gasteiger partial charge in [0.05, 0.1) is 12.3 Å². The van der Waals surface area contributed by atoms with Crippen molar-refractivity contribution in [1.29, 1.82) is 0 Å². The Morgan fingerprint density at radius 3 is 2.88 bits per heavy atom. The van der Waals surface area contributed by atoms with E-state index in [4.69, 9.17) is 25.8 Å². The van der Waals surface area contributed by atoms with Gasteiger partial charge in [-0.3, -0.25) is 5.10 Å². The van der Waals surface area contributed by atoms with Crippen molar-refractivity contribution in [3.8, 4) is 11.5 Å². The number of nitrogens with one attached hydrogen (secondary N) is 1. The quantitative estimate of drug-likeness (QED) is 0.619. The highest BCUT2D eigenvalue weighted by Gasteiger charge is 2.23. The van der Waals surface area contributed by atoms with Crippen LogP contribution in [0.3, 0.4) is 0 Å². The van der Waals surface area contributed by atoms with Gasteiger partial charge in [-0.15, -0.1) is 11.8 Å². The number of carbonyl (C=O) groups excluding carboxylic acids is 1. The van der Waals surface area contributed by atoms with Gasteiger partial charge in [-0.25, -0.2) is 4.79 Å². The highest BCUT2D eigenvalue weighted by atomic mass is 35.5. The first-order valence-electron chi connectivity index (χ1n) is 7.50. The van der Waals surface area contributed by atoms with E-state index >= 15 is 0 Å². The monoisotopic (exact) mass is 368 g/mol. The number of rotatable bonds is 6. The lowest BCUT2D eigenvalue weighted by Crippen LogP contribution is -2.09. The normalized spacial score (nSPS) is 12.5. The molecule has 0 atom stereocenters. The van der Waals surface area contributed by atoms with Gasteiger partial charge in [0.2, 0.25) is 6.79 Å². The predicted molar refractivity (Wildman–Crippen MR) is 91.3 cm³/mol. The molecule has 1 aromatic carbocycles. The second-order valence-electron chi connectivity index (χ2n) is 5.20. The number of ether oxygens (including phenoxy) is 3. The van der Waals surface area contributed by atoms with Crippen LogP contribution in [0.5, 0.6) is 11.5 Å². The first-order valence-corrected chi connectivity index (χ1v) is 9.10. The summed E-state index contributed by atoms with van der Waals surface area (Å²) >= 11 is 7.71.